The number of aromatic nitrogens is 1. The van der Waals surface area contributed by atoms with Gasteiger partial charge >= 0.3 is 0 Å². The summed E-state index contributed by atoms with van der Waals surface area (Å²) in [7, 11) is 0. The minimum atomic E-state index is -0.240. The summed E-state index contributed by atoms with van der Waals surface area (Å²) in [5.41, 5.74) is 3.87. The van der Waals surface area contributed by atoms with Gasteiger partial charge in [-0.15, -0.1) is 0 Å². The van der Waals surface area contributed by atoms with E-state index >= 15 is 0 Å². The molecule has 0 bridgehead atoms. The Hall–Kier alpha value is -2.85. The molecule has 0 saturated carbocycles. The van der Waals surface area contributed by atoms with Gasteiger partial charge in [0.2, 0.25) is 0 Å². The molecule has 3 aromatic rings. The van der Waals surface area contributed by atoms with E-state index in [9.17, 15) is 4.79 Å². The number of amides is 1. The van der Waals surface area contributed by atoms with Crippen molar-refractivity contribution >= 4 is 29.0 Å². The summed E-state index contributed by atoms with van der Waals surface area (Å²) in [5, 5.41) is 6.61. The lowest BCUT2D eigenvalue weighted by Crippen LogP contribution is -2.13. The van der Waals surface area contributed by atoms with Crippen molar-refractivity contribution in [3.63, 3.8) is 0 Å². The fraction of sp³-hybridized carbons (Fsp3) is 0.100. The summed E-state index contributed by atoms with van der Waals surface area (Å²) in [6.07, 6.45) is 1.70. The molecule has 0 aliphatic rings. The van der Waals surface area contributed by atoms with Crippen molar-refractivity contribution < 1.29 is 4.79 Å². The molecule has 0 aliphatic heterocycles. The first-order valence-corrected chi connectivity index (χ1v) is 8.31. The third-order valence-corrected chi connectivity index (χ3v) is 4.07. The van der Waals surface area contributed by atoms with Crippen LogP contribution < -0.4 is 10.6 Å². The van der Waals surface area contributed by atoms with Crippen LogP contribution in [0.2, 0.25) is 5.02 Å². The van der Waals surface area contributed by atoms with E-state index in [1.54, 1.807) is 36.5 Å². The van der Waals surface area contributed by atoms with Gasteiger partial charge in [0.1, 0.15) is 5.82 Å². The predicted molar refractivity (Wildman–Crippen MR) is 102 cm³/mol. The zero-order valence-corrected chi connectivity index (χ0v) is 14.5. The van der Waals surface area contributed by atoms with Crippen LogP contribution in [0.25, 0.3) is 0 Å². The Balaban J connectivity index is 1.60. The average Bonchev–Trinajstić information content (AvgIpc) is 2.62. The van der Waals surface area contributed by atoms with Crippen molar-refractivity contribution in [3.05, 3.63) is 88.6 Å². The Morgan fingerprint density at radius 2 is 1.92 bits per heavy atom. The van der Waals surface area contributed by atoms with E-state index in [0.717, 1.165) is 12.2 Å². The van der Waals surface area contributed by atoms with Crippen LogP contribution >= 0.6 is 11.6 Å². The number of nitrogens with one attached hydrogen (secondary N) is 2. The Labute approximate surface area is 151 Å². The summed E-state index contributed by atoms with van der Waals surface area (Å²) in [4.78, 5) is 16.4. The molecule has 0 atom stereocenters. The van der Waals surface area contributed by atoms with Crippen molar-refractivity contribution in [3.8, 4) is 0 Å². The van der Waals surface area contributed by atoms with Gasteiger partial charge in [-0.2, -0.15) is 0 Å². The third-order valence-electron chi connectivity index (χ3n) is 3.84. The number of carbonyl (C=O) groups excluding carboxylic acids is 1. The van der Waals surface area contributed by atoms with Crippen LogP contribution in [-0.4, -0.2) is 10.9 Å². The first kappa shape index (κ1) is 17.0. The van der Waals surface area contributed by atoms with Gasteiger partial charge in [-0.1, -0.05) is 41.9 Å². The van der Waals surface area contributed by atoms with Crippen molar-refractivity contribution in [1.29, 1.82) is 0 Å². The van der Waals surface area contributed by atoms with Crippen molar-refractivity contribution in [2.45, 2.75) is 13.5 Å². The van der Waals surface area contributed by atoms with Crippen LogP contribution in [0.3, 0.4) is 0 Å². The van der Waals surface area contributed by atoms with Gasteiger partial charge in [-0.3, -0.25) is 4.79 Å². The number of hydrogen-bond acceptors (Lipinski definition) is 3. The predicted octanol–water partition coefficient (Wildman–Crippen LogP) is 4.91. The number of rotatable bonds is 5. The van der Waals surface area contributed by atoms with Gasteiger partial charge in [0.25, 0.3) is 5.91 Å². The molecular weight excluding hydrogens is 334 g/mol. The number of aryl methyl sites for hydroxylation is 1. The maximum atomic E-state index is 12.2. The van der Waals surface area contributed by atoms with Crippen molar-refractivity contribution in [2.24, 2.45) is 0 Å². The molecule has 25 heavy (non-hydrogen) atoms. The summed E-state index contributed by atoms with van der Waals surface area (Å²) >= 11 is 5.91. The van der Waals surface area contributed by atoms with E-state index in [0.29, 0.717) is 16.4 Å². The summed E-state index contributed by atoms with van der Waals surface area (Å²) in [6.45, 7) is 2.81. The molecule has 3 rings (SSSR count). The van der Waals surface area contributed by atoms with E-state index in [4.69, 9.17) is 11.6 Å². The maximum absolute atomic E-state index is 12.2. The van der Waals surface area contributed by atoms with Gasteiger partial charge in [-0.05, 0) is 48.4 Å². The van der Waals surface area contributed by atoms with E-state index < -0.39 is 0 Å². The molecule has 0 unspecified atom stereocenters. The second-order valence-electron chi connectivity index (χ2n) is 5.68. The van der Waals surface area contributed by atoms with E-state index in [-0.39, 0.29) is 5.91 Å². The zero-order chi connectivity index (χ0) is 17.6. The highest BCUT2D eigenvalue weighted by molar-refractivity contribution is 6.31. The lowest BCUT2D eigenvalue weighted by molar-refractivity contribution is 0.102. The summed E-state index contributed by atoms with van der Waals surface area (Å²) < 4.78 is 0. The van der Waals surface area contributed by atoms with Gasteiger partial charge in [0.05, 0.1) is 11.9 Å². The second-order valence-corrected chi connectivity index (χ2v) is 6.11. The number of carbonyl (C=O) groups is 1. The Morgan fingerprint density at radius 1 is 1.08 bits per heavy atom. The first-order chi connectivity index (χ1) is 12.1. The molecule has 126 valence electrons. The maximum Gasteiger partial charge on any atom is 0.256 e. The minimum Gasteiger partial charge on any atom is -0.380 e. The monoisotopic (exact) mass is 351 g/mol. The van der Waals surface area contributed by atoms with Crippen molar-refractivity contribution in [1.82, 2.24) is 4.98 Å². The summed E-state index contributed by atoms with van der Waals surface area (Å²) in [6, 6.07) is 18.7. The van der Waals surface area contributed by atoms with E-state index in [1.807, 2.05) is 18.2 Å². The SMILES string of the molecule is Cc1ccccc1CNc1ccc(NC(=O)c2cccc(Cl)c2)nc1. The number of anilines is 2. The lowest BCUT2D eigenvalue weighted by Gasteiger charge is -2.10. The van der Waals surface area contributed by atoms with Crippen LogP contribution in [0.5, 0.6) is 0 Å². The molecule has 0 radical (unpaired) electrons. The number of halogens is 1. The van der Waals surface area contributed by atoms with Crippen LogP contribution in [-0.2, 0) is 6.54 Å². The molecule has 0 fully saturated rings. The van der Waals surface area contributed by atoms with Gasteiger partial charge in [-0.25, -0.2) is 4.98 Å². The minimum absolute atomic E-state index is 0.240. The Bertz CT molecular complexity index is 878. The first-order valence-electron chi connectivity index (χ1n) is 7.93. The molecule has 1 aromatic heterocycles. The highest BCUT2D eigenvalue weighted by atomic mass is 35.5. The van der Waals surface area contributed by atoms with E-state index in [2.05, 4.69) is 34.7 Å². The number of hydrogen-bond donors (Lipinski definition) is 2. The molecule has 0 spiro atoms. The Morgan fingerprint density at radius 3 is 2.64 bits per heavy atom. The Kier molecular flexibility index (Phi) is 5.31. The highest BCUT2D eigenvalue weighted by Gasteiger charge is 2.07. The highest BCUT2D eigenvalue weighted by Crippen LogP contribution is 2.15. The fourth-order valence-electron chi connectivity index (χ4n) is 2.40. The smallest absolute Gasteiger partial charge is 0.256 e. The number of pyridine rings is 1. The van der Waals surface area contributed by atoms with Crippen LogP contribution in [0.4, 0.5) is 11.5 Å². The van der Waals surface area contributed by atoms with Gasteiger partial charge in [0.15, 0.2) is 0 Å². The fourth-order valence-corrected chi connectivity index (χ4v) is 2.59. The normalized spacial score (nSPS) is 10.3. The molecule has 0 saturated heterocycles. The number of nitrogens with zero attached hydrogens (tertiary/aromatic N) is 1. The van der Waals surface area contributed by atoms with Gasteiger partial charge < -0.3 is 10.6 Å². The largest absolute Gasteiger partial charge is 0.380 e. The standard InChI is InChI=1S/C20H18ClN3O/c1-14-5-2-3-6-16(14)12-22-18-9-10-19(23-13-18)24-20(25)15-7-4-8-17(21)11-15/h2-11,13,22H,12H2,1H3,(H,23,24,25). The summed E-state index contributed by atoms with van der Waals surface area (Å²) in [5.74, 6) is 0.252. The molecule has 5 heteroatoms. The molecule has 2 N–H and O–H groups in total. The van der Waals surface area contributed by atoms with Crippen LogP contribution in [0.1, 0.15) is 21.5 Å². The molecule has 2 aromatic carbocycles. The molecular formula is C20H18ClN3O. The van der Waals surface area contributed by atoms with Gasteiger partial charge in [0, 0.05) is 17.1 Å². The molecule has 4 nitrogen and oxygen atoms in total. The average molecular weight is 352 g/mol. The zero-order valence-electron chi connectivity index (χ0n) is 13.8. The molecule has 1 amide bonds. The lowest BCUT2D eigenvalue weighted by atomic mass is 10.1. The topological polar surface area (TPSA) is 54.0 Å². The van der Waals surface area contributed by atoms with E-state index in [1.165, 1.54) is 11.1 Å². The third kappa shape index (κ3) is 4.58. The number of benzene rings is 2. The second kappa shape index (κ2) is 7.81. The van der Waals surface area contributed by atoms with Crippen LogP contribution in [0.15, 0.2) is 66.9 Å². The molecule has 0 aliphatic carbocycles. The quantitative estimate of drug-likeness (QED) is 0.686. The van der Waals surface area contributed by atoms with Crippen LogP contribution in [0, 0.1) is 6.92 Å². The van der Waals surface area contributed by atoms with Crippen molar-refractivity contribution in [2.75, 3.05) is 10.6 Å². The molecule has 1 heterocycles.